The largest absolute Gasteiger partial charge is 0.462 e. The molecule has 0 N–H and O–H groups in total. The van der Waals surface area contributed by atoms with Crippen LogP contribution in [0, 0.1) is 17.3 Å². The van der Waals surface area contributed by atoms with E-state index in [1.165, 1.54) is 25.7 Å². The summed E-state index contributed by atoms with van der Waals surface area (Å²) in [5.41, 5.74) is 0.196. The van der Waals surface area contributed by atoms with Crippen molar-refractivity contribution in [3.63, 3.8) is 0 Å². The molecule has 0 aromatic rings. The van der Waals surface area contributed by atoms with E-state index < -0.39 is 0 Å². The minimum atomic E-state index is -0.117. The third-order valence-electron chi connectivity index (χ3n) is 6.28. The Labute approximate surface area is 159 Å². The Morgan fingerprint density at radius 3 is 2.72 bits per heavy atom. The van der Waals surface area contributed by atoms with Gasteiger partial charge in [0.1, 0.15) is 0 Å². The summed E-state index contributed by atoms with van der Waals surface area (Å²) in [7, 11) is 0. The highest BCUT2D eigenvalue weighted by atomic mass is 35.5. The van der Waals surface area contributed by atoms with Crippen molar-refractivity contribution >= 4 is 17.6 Å². The summed E-state index contributed by atoms with van der Waals surface area (Å²) in [6.45, 7) is 13.6. The lowest BCUT2D eigenvalue weighted by molar-refractivity contribution is -0.151. The van der Waals surface area contributed by atoms with Gasteiger partial charge in [0.2, 0.25) is 0 Å². The van der Waals surface area contributed by atoms with Crippen LogP contribution in [0.4, 0.5) is 0 Å². The number of likely N-dealkylation sites (N-methyl/N-ethyl adjacent to an activating group) is 1. The first-order valence-corrected chi connectivity index (χ1v) is 10.5. The summed E-state index contributed by atoms with van der Waals surface area (Å²) >= 11 is 6.85. The number of nitrogens with zero attached hydrogens (tertiary/aromatic N) is 1. The van der Waals surface area contributed by atoms with Crippen molar-refractivity contribution < 1.29 is 9.53 Å². The van der Waals surface area contributed by atoms with Gasteiger partial charge in [0.15, 0.2) is 0 Å². The van der Waals surface area contributed by atoms with E-state index in [4.69, 9.17) is 16.3 Å². The number of alkyl halides is 1. The fourth-order valence-corrected chi connectivity index (χ4v) is 6.14. The maximum absolute atomic E-state index is 12.4. The number of ether oxygens (including phenoxy) is 1. The van der Waals surface area contributed by atoms with Gasteiger partial charge in [-0.05, 0) is 63.3 Å². The molecule has 0 radical (unpaired) electrons. The van der Waals surface area contributed by atoms with Crippen LogP contribution < -0.4 is 0 Å². The second kappa shape index (κ2) is 8.90. The van der Waals surface area contributed by atoms with E-state index in [0.29, 0.717) is 24.4 Å². The maximum Gasteiger partial charge on any atom is 0.320 e. The zero-order valence-corrected chi connectivity index (χ0v) is 17.2. The van der Waals surface area contributed by atoms with Crippen LogP contribution in [0.5, 0.6) is 0 Å². The van der Waals surface area contributed by atoms with E-state index in [-0.39, 0.29) is 22.9 Å². The predicted octanol–water partition coefficient (Wildman–Crippen LogP) is 5.03. The molecule has 3 fully saturated rings. The molecule has 0 aromatic carbocycles. The van der Waals surface area contributed by atoms with Gasteiger partial charge in [-0.15, -0.1) is 18.2 Å². The quantitative estimate of drug-likeness (QED) is 0.341. The number of hydrogen-bond acceptors (Lipinski definition) is 3. The Hall–Kier alpha value is -0.540. The van der Waals surface area contributed by atoms with E-state index >= 15 is 0 Å². The SMILES string of the molecule is C=CC1C2CCCC(CCC)(CC2Cl)C1N(CC)CC(=O)OC(C)C. The molecule has 144 valence electrons. The monoisotopic (exact) mass is 369 g/mol. The topological polar surface area (TPSA) is 29.5 Å². The molecule has 5 unspecified atom stereocenters. The molecule has 4 heteroatoms. The van der Waals surface area contributed by atoms with E-state index in [1.807, 2.05) is 13.8 Å². The van der Waals surface area contributed by atoms with Crippen molar-refractivity contribution in [2.75, 3.05) is 13.1 Å². The molecule has 3 aliphatic rings. The molecule has 2 bridgehead atoms. The van der Waals surface area contributed by atoms with Gasteiger partial charge in [-0.1, -0.05) is 32.8 Å². The van der Waals surface area contributed by atoms with Gasteiger partial charge in [0, 0.05) is 11.4 Å². The van der Waals surface area contributed by atoms with Crippen LogP contribution in [0.1, 0.15) is 66.2 Å². The van der Waals surface area contributed by atoms with E-state index in [0.717, 1.165) is 19.4 Å². The van der Waals surface area contributed by atoms with Crippen LogP contribution in [0.25, 0.3) is 0 Å². The third-order valence-corrected chi connectivity index (χ3v) is 6.76. The lowest BCUT2D eigenvalue weighted by Gasteiger charge is -2.54. The molecule has 3 saturated carbocycles. The Kier molecular flexibility index (Phi) is 7.40. The molecular weight excluding hydrogens is 334 g/mol. The number of carbonyl (C=O) groups excluding carboxylic acids is 1. The molecule has 3 aliphatic carbocycles. The second-order valence-electron chi connectivity index (χ2n) is 8.25. The van der Waals surface area contributed by atoms with Crippen LogP contribution >= 0.6 is 11.6 Å². The minimum Gasteiger partial charge on any atom is -0.462 e. The van der Waals surface area contributed by atoms with Gasteiger partial charge in [-0.25, -0.2) is 0 Å². The molecule has 5 atom stereocenters. The van der Waals surface area contributed by atoms with Crippen LogP contribution in [0.2, 0.25) is 0 Å². The Balaban J connectivity index is 2.34. The standard InChI is InChI=1S/C21H36ClNO2/c1-6-11-21-12-9-10-17(18(22)13-21)16(7-2)20(21)23(8-3)14-19(24)25-15(4)5/h7,15-18,20H,2,6,8-14H2,1,3-5H3. The average molecular weight is 370 g/mol. The smallest absolute Gasteiger partial charge is 0.320 e. The number of fused-ring (bicyclic) bond motifs is 4. The average Bonchev–Trinajstić information content (AvgIpc) is 2.79. The highest BCUT2D eigenvalue weighted by molar-refractivity contribution is 6.21. The normalized spacial score (nSPS) is 35.0. The molecule has 0 aliphatic heterocycles. The van der Waals surface area contributed by atoms with Gasteiger partial charge in [0.05, 0.1) is 12.6 Å². The predicted molar refractivity (Wildman–Crippen MR) is 105 cm³/mol. The minimum absolute atomic E-state index is 0.0659. The van der Waals surface area contributed by atoms with Crippen molar-refractivity contribution in [3.8, 4) is 0 Å². The molecule has 25 heavy (non-hydrogen) atoms. The van der Waals surface area contributed by atoms with E-state index in [9.17, 15) is 4.79 Å². The molecule has 0 heterocycles. The summed E-state index contributed by atoms with van der Waals surface area (Å²) in [6.07, 6.45) is 9.09. The van der Waals surface area contributed by atoms with Crippen molar-refractivity contribution in [3.05, 3.63) is 12.7 Å². The Morgan fingerprint density at radius 1 is 1.44 bits per heavy atom. The highest BCUT2D eigenvalue weighted by Crippen LogP contribution is 2.56. The lowest BCUT2D eigenvalue weighted by Crippen LogP contribution is -2.58. The van der Waals surface area contributed by atoms with Crippen LogP contribution in [-0.2, 0) is 9.53 Å². The first-order valence-electron chi connectivity index (χ1n) is 10.1. The van der Waals surface area contributed by atoms with Crippen molar-refractivity contribution in [2.45, 2.75) is 83.7 Å². The summed E-state index contributed by atoms with van der Waals surface area (Å²) in [5.74, 6) is 0.720. The molecule has 0 amide bonds. The lowest BCUT2D eigenvalue weighted by atomic mass is 9.60. The first-order chi connectivity index (χ1) is 11.9. The first kappa shape index (κ1) is 20.8. The number of halogens is 1. The molecule has 0 aromatic heterocycles. The van der Waals surface area contributed by atoms with Crippen molar-refractivity contribution in [1.29, 1.82) is 0 Å². The number of esters is 1. The summed E-state index contributed by atoms with van der Waals surface area (Å²) < 4.78 is 5.44. The fraction of sp³-hybridized carbons (Fsp3) is 0.857. The molecule has 0 spiro atoms. The summed E-state index contributed by atoms with van der Waals surface area (Å²) in [4.78, 5) is 14.7. The highest BCUT2D eigenvalue weighted by Gasteiger charge is 2.54. The number of rotatable bonds is 8. The third kappa shape index (κ3) is 4.42. The van der Waals surface area contributed by atoms with Crippen molar-refractivity contribution in [2.24, 2.45) is 17.3 Å². The number of hydrogen-bond donors (Lipinski definition) is 0. The van der Waals surface area contributed by atoms with E-state index in [1.54, 1.807) is 0 Å². The van der Waals surface area contributed by atoms with E-state index in [2.05, 4.69) is 31.4 Å². The summed E-state index contributed by atoms with van der Waals surface area (Å²) in [6, 6.07) is 0.345. The zero-order valence-electron chi connectivity index (χ0n) is 16.5. The van der Waals surface area contributed by atoms with Crippen LogP contribution in [0.15, 0.2) is 12.7 Å². The molecule has 3 rings (SSSR count). The Bertz CT molecular complexity index is 467. The summed E-state index contributed by atoms with van der Waals surface area (Å²) in [5, 5.41) is 0.231. The zero-order chi connectivity index (χ0) is 18.6. The fourth-order valence-electron chi connectivity index (χ4n) is 5.54. The maximum atomic E-state index is 12.4. The Morgan fingerprint density at radius 2 is 2.16 bits per heavy atom. The molecule has 0 saturated heterocycles. The van der Waals surface area contributed by atoms with Crippen LogP contribution in [-0.4, -0.2) is 41.5 Å². The van der Waals surface area contributed by atoms with Gasteiger partial charge in [0.25, 0.3) is 0 Å². The number of carbonyl (C=O) groups is 1. The van der Waals surface area contributed by atoms with Crippen molar-refractivity contribution in [1.82, 2.24) is 4.90 Å². The molecule has 3 nitrogen and oxygen atoms in total. The van der Waals surface area contributed by atoms with Gasteiger partial charge in [-0.2, -0.15) is 0 Å². The van der Waals surface area contributed by atoms with Gasteiger partial charge in [-0.3, -0.25) is 9.69 Å². The molecular formula is C21H36ClNO2. The second-order valence-corrected chi connectivity index (χ2v) is 8.81. The van der Waals surface area contributed by atoms with Crippen LogP contribution in [0.3, 0.4) is 0 Å². The van der Waals surface area contributed by atoms with Gasteiger partial charge < -0.3 is 4.74 Å². The van der Waals surface area contributed by atoms with Gasteiger partial charge >= 0.3 is 5.97 Å².